The molecule has 7 nitrogen and oxygen atoms in total. The molecule has 0 bridgehead atoms. The summed E-state index contributed by atoms with van der Waals surface area (Å²) in [6.45, 7) is 6.04. The van der Waals surface area contributed by atoms with Crippen molar-refractivity contribution in [2.75, 3.05) is 0 Å². The molecule has 2 aromatic carbocycles. The van der Waals surface area contributed by atoms with Gasteiger partial charge in [0.25, 0.3) is 11.6 Å². The lowest BCUT2D eigenvalue weighted by atomic mass is 9.96. The van der Waals surface area contributed by atoms with Crippen LogP contribution in [0.4, 0.5) is 5.69 Å². The molecule has 0 saturated carbocycles. The standard InChI is InChI=1S/C20H23N3O4/c1-13(2)11-15-7-9-16(10-8-15)14(3)19(24)21-22-20(25)17-5-4-6-18(12-17)23(26)27/h4-10,12-14H,11H2,1-3H3,(H,21,24)(H,22,25)/t14-/m1/s1. The number of nitrogens with one attached hydrogen (secondary N) is 2. The Kier molecular flexibility index (Phi) is 6.65. The number of non-ortho nitro benzene ring substituents is 1. The molecule has 0 aliphatic carbocycles. The molecule has 0 heterocycles. The van der Waals surface area contributed by atoms with Crippen molar-refractivity contribution < 1.29 is 14.5 Å². The van der Waals surface area contributed by atoms with Gasteiger partial charge in [0.1, 0.15) is 0 Å². The Morgan fingerprint density at radius 1 is 1.04 bits per heavy atom. The Balaban J connectivity index is 1.95. The van der Waals surface area contributed by atoms with E-state index in [1.165, 1.54) is 23.8 Å². The Bertz CT molecular complexity index is 831. The van der Waals surface area contributed by atoms with Crippen molar-refractivity contribution in [3.05, 3.63) is 75.3 Å². The molecule has 1 atom stereocenters. The maximum absolute atomic E-state index is 12.3. The topological polar surface area (TPSA) is 101 Å². The summed E-state index contributed by atoms with van der Waals surface area (Å²) >= 11 is 0. The summed E-state index contributed by atoms with van der Waals surface area (Å²) in [4.78, 5) is 34.6. The fraction of sp³-hybridized carbons (Fsp3) is 0.300. The fourth-order valence-electron chi connectivity index (χ4n) is 2.62. The van der Waals surface area contributed by atoms with Crippen molar-refractivity contribution in [2.45, 2.75) is 33.1 Å². The number of nitro benzene ring substituents is 1. The van der Waals surface area contributed by atoms with Gasteiger partial charge in [0.05, 0.1) is 10.8 Å². The molecule has 2 amide bonds. The first-order valence-corrected chi connectivity index (χ1v) is 8.71. The van der Waals surface area contributed by atoms with Crippen LogP contribution < -0.4 is 10.9 Å². The smallest absolute Gasteiger partial charge is 0.270 e. The van der Waals surface area contributed by atoms with E-state index in [1.807, 2.05) is 24.3 Å². The lowest BCUT2D eigenvalue weighted by Crippen LogP contribution is -2.43. The number of hydrogen-bond donors (Lipinski definition) is 2. The van der Waals surface area contributed by atoms with Crippen LogP contribution in [0.25, 0.3) is 0 Å². The van der Waals surface area contributed by atoms with Gasteiger partial charge in [0.2, 0.25) is 5.91 Å². The van der Waals surface area contributed by atoms with E-state index in [0.717, 1.165) is 18.1 Å². The largest absolute Gasteiger partial charge is 0.273 e. The predicted molar refractivity (Wildman–Crippen MR) is 102 cm³/mol. The summed E-state index contributed by atoms with van der Waals surface area (Å²) in [5.74, 6) is -0.888. The highest BCUT2D eigenvalue weighted by atomic mass is 16.6. The number of benzene rings is 2. The Morgan fingerprint density at radius 3 is 2.30 bits per heavy atom. The average Bonchev–Trinajstić information content (AvgIpc) is 2.65. The van der Waals surface area contributed by atoms with Gasteiger partial charge in [-0.25, -0.2) is 0 Å². The first-order chi connectivity index (χ1) is 12.8. The molecule has 0 unspecified atom stereocenters. The van der Waals surface area contributed by atoms with Gasteiger partial charge < -0.3 is 0 Å². The summed E-state index contributed by atoms with van der Waals surface area (Å²) in [5, 5.41) is 10.8. The molecule has 0 spiro atoms. The van der Waals surface area contributed by atoms with Crippen LogP contribution in [0.3, 0.4) is 0 Å². The van der Waals surface area contributed by atoms with Gasteiger partial charge in [-0.3, -0.25) is 30.6 Å². The summed E-state index contributed by atoms with van der Waals surface area (Å²) in [6, 6.07) is 13.1. The maximum atomic E-state index is 12.3. The van der Waals surface area contributed by atoms with Crippen LogP contribution in [0.1, 0.15) is 48.2 Å². The predicted octanol–water partition coefficient (Wildman–Crippen LogP) is 3.36. The van der Waals surface area contributed by atoms with Crippen LogP contribution in [-0.4, -0.2) is 16.7 Å². The van der Waals surface area contributed by atoms with Crippen molar-refractivity contribution in [1.82, 2.24) is 10.9 Å². The van der Waals surface area contributed by atoms with Gasteiger partial charge in [-0.05, 0) is 36.5 Å². The van der Waals surface area contributed by atoms with Gasteiger partial charge in [0, 0.05) is 17.7 Å². The van der Waals surface area contributed by atoms with Crippen molar-refractivity contribution in [1.29, 1.82) is 0 Å². The normalized spacial score (nSPS) is 11.7. The quantitative estimate of drug-likeness (QED) is 0.602. The third-order valence-corrected chi connectivity index (χ3v) is 4.14. The summed E-state index contributed by atoms with van der Waals surface area (Å²) in [7, 11) is 0. The molecule has 2 rings (SSSR count). The third kappa shape index (κ3) is 5.64. The van der Waals surface area contributed by atoms with Gasteiger partial charge in [-0.2, -0.15) is 0 Å². The van der Waals surface area contributed by atoms with Crippen LogP contribution in [0, 0.1) is 16.0 Å². The minimum absolute atomic E-state index is 0.0928. The van der Waals surface area contributed by atoms with E-state index in [-0.39, 0.29) is 17.2 Å². The number of nitro groups is 1. The Labute approximate surface area is 157 Å². The van der Waals surface area contributed by atoms with Crippen molar-refractivity contribution in [3.63, 3.8) is 0 Å². The highest BCUT2D eigenvalue weighted by Gasteiger charge is 2.17. The number of carbonyl (C=O) groups is 2. The molecular weight excluding hydrogens is 346 g/mol. The third-order valence-electron chi connectivity index (χ3n) is 4.14. The van der Waals surface area contributed by atoms with Gasteiger partial charge >= 0.3 is 0 Å². The number of carbonyl (C=O) groups excluding carboxylic acids is 2. The van der Waals surface area contributed by atoms with Crippen LogP contribution in [0.15, 0.2) is 48.5 Å². The molecule has 2 N–H and O–H groups in total. The second kappa shape index (κ2) is 8.93. The van der Waals surface area contributed by atoms with Gasteiger partial charge in [-0.15, -0.1) is 0 Å². The van der Waals surface area contributed by atoms with E-state index >= 15 is 0 Å². The SMILES string of the molecule is CC(C)Cc1ccc([C@@H](C)C(=O)NNC(=O)c2cccc([N+](=O)[O-])c2)cc1. The Hall–Kier alpha value is -3.22. The van der Waals surface area contributed by atoms with E-state index in [4.69, 9.17) is 0 Å². The van der Waals surface area contributed by atoms with Crippen LogP contribution in [0.5, 0.6) is 0 Å². The minimum atomic E-state index is -0.619. The Morgan fingerprint density at radius 2 is 1.70 bits per heavy atom. The first-order valence-electron chi connectivity index (χ1n) is 8.71. The van der Waals surface area contributed by atoms with Crippen LogP contribution >= 0.6 is 0 Å². The van der Waals surface area contributed by atoms with E-state index in [0.29, 0.717) is 5.92 Å². The summed E-state index contributed by atoms with van der Waals surface area (Å²) < 4.78 is 0. The number of hydrogen-bond acceptors (Lipinski definition) is 4. The van der Waals surface area contributed by atoms with Crippen LogP contribution in [-0.2, 0) is 11.2 Å². The first kappa shape index (κ1) is 20.1. The lowest BCUT2D eigenvalue weighted by Gasteiger charge is -2.14. The molecule has 0 aliphatic rings. The highest BCUT2D eigenvalue weighted by molar-refractivity contribution is 5.96. The second-order valence-corrected chi connectivity index (χ2v) is 6.81. The fourth-order valence-corrected chi connectivity index (χ4v) is 2.62. The zero-order chi connectivity index (χ0) is 20.0. The molecular formula is C20H23N3O4. The van der Waals surface area contributed by atoms with E-state index in [2.05, 4.69) is 24.7 Å². The number of nitrogens with zero attached hydrogens (tertiary/aromatic N) is 1. The lowest BCUT2D eigenvalue weighted by molar-refractivity contribution is -0.384. The second-order valence-electron chi connectivity index (χ2n) is 6.81. The number of hydrazine groups is 1. The summed E-state index contributed by atoms with van der Waals surface area (Å²) in [5.41, 5.74) is 6.61. The van der Waals surface area contributed by atoms with E-state index in [9.17, 15) is 19.7 Å². The average molecular weight is 369 g/mol. The summed E-state index contributed by atoms with van der Waals surface area (Å²) in [6.07, 6.45) is 0.972. The van der Waals surface area contributed by atoms with Crippen molar-refractivity contribution in [3.8, 4) is 0 Å². The van der Waals surface area contributed by atoms with Crippen molar-refractivity contribution >= 4 is 17.5 Å². The molecule has 0 fully saturated rings. The van der Waals surface area contributed by atoms with E-state index < -0.39 is 16.7 Å². The zero-order valence-electron chi connectivity index (χ0n) is 15.6. The molecule has 2 aromatic rings. The molecule has 27 heavy (non-hydrogen) atoms. The molecule has 142 valence electrons. The molecule has 0 aliphatic heterocycles. The number of rotatable bonds is 6. The van der Waals surface area contributed by atoms with Crippen molar-refractivity contribution in [2.24, 2.45) is 5.92 Å². The zero-order valence-corrected chi connectivity index (χ0v) is 15.6. The monoisotopic (exact) mass is 369 g/mol. The van der Waals surface area contributed by atoms with Crippen LogP contribution in [0.2, 0.25) is 0 Å². The number of amides is 2. The maximum Gasteiger partial charge on any atom is 0.270 e. The van der Waals surface area contributed by atoms with Gasteiger partial charge in [0.15, 0.2) is 0 Å². The molecule has 7 heteroatoms. The highest BCUT2D eigenvalue weighted by Crippen LogP contribution is 2.18. The molecule has 0 aromatic heterocycles. The molecule has 0 radical (unpaired) electrons. The van der Waals surface area contributed by atoms with E-state index in [1.54, 1.807) is 6.92 Å². The van der Waals surface area contributed by atoms with Gasteiger partial charge in [-0.1, -0.05) is 44.2 Å². The minimum Gasteiger partial charge on any atom is -0.273 e. The molecule has 0 saturated heterocycles.